The maximum Gasteiger partial charge on any atom is 0.350 e. The number of nitrogens with two attached hydrogens (primary N) is 1. The van der Waals surface area contributed by atoms with Crippen molar-refractivity contribution in [1.82, 2.24) is 0 Å². The quantitative estimate of drug-likeness (QED) is 0.835. The fourth-order valence-electron chi connectivity index (χ4n) is 2.66. The number of ether oxygens (including phenoxy) is 1. The number of anilines is 1. The number of carbonyl (C=O) groups excluding carboxylic acids is 2. The highest BCUT2D eigenvalue weighted by Crippen LogP contribution is 2.39. The molecule has 5 nitrogen and oxygen atoms in total. The van der Waals surface area contributed by atoms with E-state index in [1.54, 1.807) is 0 Å². The van der Waals surface area contributed by atoms with Gasteiger partial charge in [-0.1, -0.05) is 12.8 Å². The largest absolute Gasteiger partial charge is 0.465 e. The second-order valence-electron chi connectivity index (χ2n) is 5.26. The average Bonchev–Trinajstić information content (AvgIpc) is 3.07. The van der Waals surface area contributed by atoms with Crippen LogP contribution in [0.3, 0.4) is 0 Å². The summed E-state index contributed by atoms with van der Waals surface area (Å²) in [6.07, 6.45) is 3.67. The van der Waals surface area contributed by atoms with Crippen LogP contribution in [0.5, 0.6) is 0 Å². The summed E-state index contributed by atoms with van der Waals surface area (Å²) in [4.78, 5) is 24.7. The lowest BCUT2D eigenvalue weighted by Gasteiger charge is -2.25. The second-order valence-corrected chi connectivity index (χ2v) is 6.14. The second kappa shape index (κ2) is 5.93. The molecule has 3 N–H and O–H groups in total. The van der Waals surface area contributed by atoms with E-state index in [4.69, 9.17) is 10.5 Å². The zero-order chi connectivity index (χ0) is 14.8. The molecule has 0 radical (unpaired) electrons. The summed E-state index contributed by atoms with van der Waals surface area (Å²) < 4.78 is 4.74. The van der Waals surface area contributed by atoms with Crippen LogP contribution in [0.4, 0.5) is 5.69 Å². The van der Waals surface area contributed by atoms with Gasteiger partial charge in [0.05, 0.1) is 18.2 Å². The van der Waals surface area contributed by atoms with Gasteiger partial charge in [-0.05, 0) is 30.7 Å². The molecule has 1 aromatic rings. The van der Waals surface area contributed by atoms with Crippen molar-refractivity contribution in [3.8, 4) is 0 Å². The highest BCUT2D eigenvalue weighted by atomic mass is 32.1. The fourth-order valence-corrected chi connectivity index (χ4v) is 3.59. The Morgan fingerprint density at radius 1 is 1.45 bits per heavy atom. The van der Waals surface area contributed by atoms with E-state index in [0.717, 1.165) is 31.2 Å². The van der Waals surface area contributed by atoms with Gasteiger partial charge in [0, 0.05) is 6.54 Å². The number of esters is 1. The van der Waals surface area contributed by atoms with Gasteiger partial charge in [0.15, 0.2) is 0 Å². The smallest absolute Gasteiger partial charge is 0.350 e. The normalized spacial score (nSPS) is 16.9. The van der Waals surface area contributed by atoms with E-state index in [2.05, 4.69) is 5.32 Å². The van der Waals surface area contributed by atoms with E-state index < -0.39 is 11.4 Å². The third-order valence-corrected chi connectivity index (χ3v) is 5.10. The number of carbonyl (C=O) groups is 2. The van der Waals surface area contributed by atoms with Crippen LogP contribution in [0.15, 0.2) is 5.38 Å². The lowest BCUT2D eigenvalue weighted by Crippen LogP contribution is -2.40. The zero-order valence-corrected chi connectivity index (χ0v) is 12.6. The Hall–Kier alpha value is -1.40. The molecule has 0 aromatic carbocycles. The first-order valence-electron chi connectivity index (χ1n) is 6.72. The first-order valence-corrected chi connectivity index (χ1v) is 7.60. The Morgan fingerprint density at radius 2 is 2.10 bits per heavy atom. The summed E-state index contributed by atoms with van der Waals surface area (Å²) >= 11 is 1.28. The van der Waals surface area contributed by atoms with Crippen LogP contribution in [-0.4, -0.2) is 25.5 Å². The number of aryl methyl sites for hydroxylation is 1. The Bertz CT molecular complexity index is 518. The molecule has 1 heterocycles. The SMILES string of the molecule is COC(=O)c1scc(C)c1NC(=O)C1(CN)CCCC1. The van der Waals surface area contributed by atoms with Gasteiger partial charge in [-0.25, -0.2) is 4.79 Å². The number of thiophene rings is 1. The lowest BCUT2D eigenvalue weighted by molar-refractivity contribution is -0.124. The van der Waals surface area contributed by atoms with Gasteiger partial charge in [-0.15, -0.1) is 11.3 Å². The van der Waals surface area contributed by atoms with Crippen LogP contribution < -0.4 is 11.1 Å². The number of amides is 1. The standard InChI is InChI=1S/C14H20N2O3S/c1-9-7-20-11(12(17)19-2)10(9)16-13(18)14(8-15)5-3-4-6-14/h7H,3-6,8,15H2,1-2H3,(H,16,18). The summed E-state index contributed by atoms with van der Waals surface area (Å²) in [5.74, 6) is -0.504. The third kappa shape index (κ3) is 2.58. The summed E-state index contributed by atoms with van der Waals surface area (Å²) in [5, 5.41) is 4.74. The van der Waals surface area contributed by atoms with Gasteiger partial charge in [0.1, 0.15) is 4.88 Å². The third-order valence-electron chi connectivity index (χ3n) is 4.02. The molecule has 0 unspecified atom stereocenters. The number of hydrogen-bond acceptors (Lipinski definition) is 5. The van der Waals surface area contributed by atoms with Crippen molar-refractivity contribution in [2.24, 2.45) is 11.1 Å². The molecule has 0 aliphatic heterocycles. The van der Waals surface area contributed by atoms with Crippen molar-refractivity contribution in [2.45, 2.75) is 32.6 Å². The molecule has 110 valence electrons. The molecular weight excluding hydrogens is 276 g/mol. The molecule has 0 saturated heterocycles. The first-order chi connectivity index (χ1) is 9.54. The predicted molar refractivity (Wildman–Crippen MR) is 79.0 cm³/mol. The van der Waals surface area contributed by atoms with Crippen LogP contribution >= 0.6 is 11.3 Å². The molecule has 0 atom stereocenters. The summed E-state index contributed by atoms with van der Waals surface area (Å²) in [6.45, 7) is 2.21. The molecule has 1 aliphatic carbocycles. The number of methoxy groups -OCH3 is 1. The molecule has 20 heavy (non-hydrogen) atoms. The van der Waals surface area contributed by atoms with Crippen LogP contribution in [-0.2, 0) is 9.53 Å². The van der Waals surface area contributed by atoms with Crippen LogP contribution in [0.1, 0.15) is 40.9 Å². The number of nitrogens with one attached hydrogen (secondary N) is 1. The van der Waals surface area contributed by atoms with E-state index in [1.807, 2.05) is 12.3 Å². The van der Waals surface area contributed by atoms with Crippen LogP contribution in [0.2, 0.25) is 0 Å². The van der Waals surface area contributed by atoms with Crippen molar-refractivity contribution in [1.29, 1.82) is 0 Å². The molecule has 0 spiro atoms. The Labute approximate surface area is 122 Å². The van der Waals surface area contributed by atoms with Crippen LogP contribution in [0, 0.1) is 12.3 Å². The molecule has 6 heteroatoms. The Morgan fingerprint density at radius 3 is 2.65 bits per heavy atom. The van der Waals surface area contributed by atoms with E-state index in [1.165, 1.54) is 18.4 Å². The minimum Gasteiger partial charge on any atom is -0.465 e. The van der Waals surface area contributed by atoms with Gasteiger partial charge in [0.25, 0.3) is 0 Å². The number of rotatable bonds is 4. The van der Waals surface area contributed by atoms with Gasteiger partial charge >= 0.3 is 5.97 Å². The van der Waals surface area contributed by atoms with Crippen molar-refractivity contribution in [3.05, 3.63) is 15.8 Å². The first kappa shape index (κ1) is 15.0. The topological polar surface area (TPSA) is 81.4 Å². The van der Waals surface area contributed by atoms with Crippen molar-refractivity contribution in [2.75, 3.05) is 19.0 Å². The van der Waals surface area contributed by atoms with Crippen molar-refractivity contribution >= 4 is 28.9 Å². The maximum atomic E-state index is 12.5. The summed E-state index contributed by atoms with van der Waals surface area (Å²) in [5.41, 5.74) is 6.76. The van der Waals surface area contributed by atoms with Gasteiger partial charge < -0.3 is 15.8 Å². The average molecular weight is 296 g/mol. The molecule has 1 aliphatic rings. The summed E-state index contributed by atoms with van der Waals surface area (Å²) in [6, 6.07) is 0. The minimum atomic E-state index is -0.484. The summed E-state index contributed by atoms with van der Waals surface area (Å²) in [7, 11) is 1.33. The molecule has 1 aromatic heterocycles. The van der Waals surface area contributed by atoms with Crippen LogP contribution in [0.25, 0.3) is 0 Å². The molecule has 1 saturated carbocycles. The lowest BCUT2D eigenvalue weighted by atomic mass is 9.85. The fraction of sp³-hybridized carbons (Fsp3) is 0.571. The number of hydrogen-bond donors (Lipinski definition) is 2. The van der Waals surface area contributed by atoms with Gasteiger partial charge in [0.2, 0.25) is 5.91 Å². The molecule has 1 amide bonds. The molecule has 1 fully saturated rings. The highest BCUT2D eigenvalue weighted by molar-refractivity contribution is 7.12. The molecule has 0 bridgehead atoms. The van der Waals surface area contributed by atoms with E-state index in [-0.39, 0.29) is 5.91 Å². The van der Waals surface area contributed by atoms with E-state index >= 15 is 0 Å². The maximum absolute atomic E-state index is 12.5. The van der Waals surface area contributed by atoms with Crippen molar-refractivity contribution < 1.29 is 14.3 Å². The van der Waals surface area contributed by atoms with Crippen molar-refractivity contribution in [3.63, 3.8) is 0 Å². The Balaban J connectivity index is 2.23. The van der Waals surface area contributed by atoms with Gasteiger partial charge in [-0.2, -0.15) is 0 Å². The monoisotopic (exact) mass is 296 g/mol. The van der Waals surface area contributed by atoms with E-state index in [0.29, 0.717) is 17.1 Å². The molecule has 2 rings (SSSR count). The molecular formula is C14H20N2O3S. The predicted octanol–water partition coefficient (Wildman–Crippen LogP) is 2.30. The Kier molecular flexibility index (Phi) is 4.45. The van der Waals surface area contributed by atoms with Gasteiger partial charge in [-0.3, -0.25) is 4.79 Å². The zero-order valence-electron chi connectivity index (χ0n) is 11.8. The van der Waals surface area contributed by atoms with E-state index in [9.17, 15) is 9.59 Å². The highest BCUT2D eigenvalue weighted by Gasteiger charge is 2.40. The minimum absolute atomic E-state index is 0.0795.